The van der Waals surface area contributed by atoms with Gasteiger partial charge in [0.2, 0.25) is 5.91 Å². The second-order valence-electron chi connectivity index (χ2n) is 5.74. The first-order valence-corrected chi connectivity index (χ1v) is 8.85. The SMILES string of the molecule is Cc1nc(CN2CCN(C(=O)CSc3ccc(F)cc3)CC2)n[nH]1. The topological polar surface area (TPSA) is 65.1 Å². The van der Waals surface area contributed by atoms with E-state index in [4.69, 9.17) is 0 Å². The van der Waals surface area contributed by atoms with Crippen LogP contribution in [-0.4, -0.2) is 62.8 Å². The third-order valence-electron chi connectivity index (χ3n) is 3.91. The molecule has 0 unspecified atom stereocenters. The number of hydrogen-bond acceptors (Lipinski definition) is 5. The number of aryl methyl sites for hydroxylation is 1. The van der Waals surface area contributed by atoms with E-state index < -0.39 is 0 Å². The molecule has 0 bridgehead atoms. The molecule has 1 aliphatic rings. The Balaban J connectivity index is 1.42. The number of aromatic amines is 1. The van der Waals surface area contributed by atoms with Gasteiger partial charge in [0.15, 0.2) is 5.82 Å². The first-order valence-electron chi connectivity index (χ1n) is 7.86. The van der Waals surface area contributed by atoms with Crippen LogP contribution in [0, 0.1) is 12.7 Å². The molecule has 3 rings (SSSR count). The van der Waals surface area contributed by atoms with Gasteiger partial charge in [-0.15, -0.1) is 11.8 Å². The summed E-state index contributed by atoms with van der Waals surface area (Å²) < 4.78 is 12.9. The normalized spacial score (nSPS) is 15.7. The largest absolute Gasteiger partial charge is 0.339 e. The Bertz CT molecular complexity index is 682. The molecule has 1 N–H and O–H groups in total. The van der Waals surface area contributed by atoms with Crippen molar-refractivity contribution in [1.82, 2.24) is 25.0 Å². The minimum Gasteiger partial charge on any atom is -0.339 e. The van der Waals surface area contributed by atoms with Crippen molar-refractivity contribution in [2.24, 2.45) is 0 Å². The lowest BCUT2D eigenvalue weighted by Gasteiger charge is -2.34. The maximum atomic E-state index is 12.9. The van der Waals surface area contributed by atoms with Crippen molar-refractivity contribution in [3.8, 4) is 0 Å². The molecule has 128 valence electrons. The smallest absolute Gasteiger partial charge is 0.233 e. The van der Waals surface area contributed by atoms with Gasteiger partial charge >= 0.3 is 0 Å². The molecule has 0 aliphatic carbocycles. The number of hydrogen-bond donors (Lipinski definition) is 1. The fraction of sp³-hybridized carbons (Fsp3) is 0.438. The van der Waals surface area contributed by atoms with E-state index in [1.807, 2.05) is 11.8 Å². The number of thioether (sulfide) groups is 1. The van der Waals surface area contributed by atoms with Crippen LogP contribution in [-0.2, 0) is 11.3 Å². The van der Waals surface area contributed by atoms with Crippen LogP contribution in [0.25, 0.3) is 0 Å². The summed E-state index contributed by atoms with van der Waals surface area (Å²) in [5.41, 5.74) is 0. The Labute approximate surface area is 144 Å². The van der Waals surface area contributed by atoms with Crippen molar-refractivity contribution in [3.63, 3.8) is 0 Å². The van der Waals surface area contributed by atoms with Crippen LogP contribution in [0.4, 0.5) is 4.39 Å². The highest BCUT2D eigenvalue weighted by molar-refractivity contribution is 8.00. The minimum absolute atomic E-state index is 0.123. The highest BCUT2D eigenvalue weighted by Crippen LogP contribution is 2.19. The Morgan fingerprint density at radius 1 is 1.25 bits per heavy atom. The molecule has 8 heteroatoms. The lowest BCUT2D eigenvalue weighted by atomic mass is 10.3. The number of nitrogens with zero attached hydrogens (tertiary/aromatic N) is 4. The third-order valence-corrected chi connectivity index (χ3v) is 4.91. The zero-order valence-electron chi connectivity index (χ0n) is 13.5. The number of carbonyl (C=O) groups is 1. The number of benzene rings is 1. The number of H-pyrrole nitrogens is 1. The predicted molar refractivity (Wildman–Crippen MR) is 90.1 cm³/mol. The van der Waals surface area contributed by atoms with Gasteiger partial charge in [-0.05, 0) is 31.2 Å². The molecule has 1 aromatic carbocycles. The molecule has 0 radical (unpaired) electrons. The summed E-state index contributed by atoms with van der Waals surface area (Å²) in [5.74, 6) is 1.85. The average Bonchev–Trinajstić information content (AvgIpc) is 2.99. The molecule has 24 heavy (non-hydrogen) atoms. The van der Waals surface area contributed by atoms with Crippen molar-refractivity contribution < 1.29 is 9.18 Å². The number of piperazine rings is 1. The first-order chi connectivity index (χ1) is 11.6. The van der Waals surface area contributed by atoms with E-state index in [-0.39, 0.29) is 11.7 Å². The highest BCUT2D eigenvalue weighted by atomic mass is 32.2. The quantitative estimate of drug-likeness (QED) is 0.832. The number of nitrogens with one attached hydrogen (secondary N) is 1. The fourth-order valence-electron chi connectivity index (χ4n) is 2.58. The number of rotatable bonds is 5. The van der Waals surface area contributed by atoms with Crippen LogP contribution >= 0.6 is 11.8 Å². The molecule has 6 nitrogen and oxygen atoms in total. The maximum Gasteiger partial charge on any atom is 0.233 e. The van der Waals surface area contributed by atoms with E-state index in [0.717, 1.165) is 29.6 Å². The standard InChI is InChI=1S/C16H20FN5OS/c1-12-18-15(20-19-12)10-21-6-8-22(9-7-21)16(23)11-24-14-4-2-13(17)3-5-14/h2-5H,6-11H2,1H3,(H,18,19,20). The lowest BCUT2D eigenvalue weighted by Crippen LogP contribution is -2.48. The summed E-state index contributed by atoms with van der Waals surface area (Å²) in [6.45, 7) is 5.65. The molecule has 1 fully saturated rings. The maximum absolute atomic E-state index is 12.9. The molecule has 1 saturated heterocycles. The van der Waals surface area contributed by atoms with Crippen molar-refractivity contribution in [1.29, 1.82) is 0 Å². The summed E-state index contributed by atoms with van der Waals surface area (Å²) in [4.78, 5) is 21.6. The molecule has 0 saturated carbocycles. The fourth-order valence-corrected chi connectivity index (χ4v) is 3.38. The van der Waals surface area contributed by atoms with Crippen LogP contribution in [0.5, 0.6) is 0 Å². The van der Waals surface area contributed by atoms with E-state index >= 15 is 0 Å². The Morgan fingerprint density at radius 2 is 1.96 bits per heavy atom. The summed E-state index contributed by atoms with van der Waals surface area (Å²) >= 11 is 1.44. The molecular weight excluding hydrogens is 329 g/mol. The Kier molecular flexibility index (Phi) is 5.47. The minimum atomic E-state index is -0.261. The van der Waals surface area contributed by atoms with Crippen LogP contribution in [0.2, 0.25) is 0 Å². The van der Waals surface area contributed by atoms with Crippen LogP contribution in [0.15, 0.2) is 29.2 Å². The van der Waals surface area contributed by atoms with Gasteiger partial charge < -0.3 is 4.90 Å². The molecule has 2 aromatic rings. The Hall–Kier alpha value is -1.93. The molecule has 0 atom stereocenters. The van der Waals surface area contributed by atoms with Crippen molar-refractivity contribution in [2.45, 2.75) is 18.4 Å². The molecule has 1 aromatic heterocycles. The van der Waals surface area contributed by atoms with Gasteiger partial charge in [0, 0.05) is 31.1 Å². The van der Waals surface area contributed by atoms with Crippen molar-refractivity contribution in [2.75, 3.05) is 31.9 Å². The number of aromatic nitrogens is 3. The average molecular weight is 349 g/mol. The Morgan fingerprint density at radius 3 is 2.58 bits per heavy atom. The van der Waals surface area contributed by atoms with Gasteiger partial charge in [0.1, 0.15) is 11.6 Å². The van der Waals surface area contributed by atoms with Crippen molar-refractivity contribution >= 4 is 17.7 Å². The van der Waals surface area contributed by atoms with E-state index in [1.165, 1.54) is 23.9 Å². The second kappa shape index (κ2) is 7.76. The van der Waals surface area contributed by atoms with Gasteiger partial charge in [-0.25, -0.2) is 9.37 Å². The van der Waals surface area contributed by atoms with Gasteiger partial charge in [-0.2, -0.15) is 5.10 Å². The van der Waals surface area contributed by atoms with Crippen LogP contribution < -0.4 is 0 Å². The zero-order valence-corrected chi connectivity index (χ0v) is 14.4. The monoisotopic (exact) mass is 349 g/mol. The van der Waals surface area contributed by atoms with Gasteiger partial charge in [0.25, 0.3) is 0 Å². The van der Waals surface area contributed by atoms with E-state index in [1.54, 1.807) is 12.1 Å². The summed E-state index contributed by atoms with van der Waals surface area (Å²) in [6, 6.07) is 6.22. The molecule has 1 aliphatic heterocycles. The van der Waals surface area contributed by atoms with E-state index in [2.05, 4.69) is 20.1 Å². The predicted octanol–water partition coefficient (Wildman–Crippen LogP) is 1.69. The summed E-state index contributed by atoms with van der Waals surface area (Å²) in [7, 11) is 0. The summed E-state index contributed by atoms with van der Waals surface area (Å²) in [5, 5.41) is 6.99. The summed E-state index contributed by atoms with van der Waals surface area (Å²) in [6.07, 6.45) is 0. The number of halogens is 1. The lowest BCUT2D eigenvalue weighted by molar-refractivity contribution is -0.130. The number of carbonyl (C=O) groups excluding carboxylic acids is 1. The van der Waals surface area contributed by atoms with Crippen LogP contribution in [0.3, 0.4) is 0 Å². The van der Waals surface area contributed by atoms with Gasteiger partial charge in [0.05, 0.1) is 12.3 Å². The van der Waals surface area contributed by atoms with E-state index in [9.17, 15) is 9.18 Å². The van der Waals surface area contributed by atoms with Crippen molar-refractivity contribution in [3.05, 3.63) is 41.7 Å². The molecule has 1 amide bonds. The van der Waals surface area contributed by atoms with Crippen LogP contribution in [0.1, 0.15) is 11.6 Å². The first kappa shape index (κ1) is 16.9. The number of amides is 1. The molecule has 2 heterocycles. The zero-order chi connectivity index (χ0) is 16.9. The van der Waals surface area contributed by atoms with E-state index in [0.29, 0.717) is 25.4 Å². The molecular formula is C16H20FN5OS. The third kappa shape index (κ3) is 4.55. The van der Waals surface area contributed by atoms with Gasteiger partial charge in [-0.3, -0.25) is 14.8 Å². The second-order valence-corrected chi connectivity index (χ2v) is 6.79. The highest BCUT2D eigenvalue weighted by Gasteiger charge is 2.21. The van der Waals surface area contributed by atoms with Gasteiger partial charge in [-0.1, -0.05) is 0 Å². The molecule has 0 spiro atoms.